The Hall–Kier alpha value is -2.60. The second-order valence-electron chi connectivity index (χ2n) is 5.43. The number of nitrogens with zero attached hydrogens (tertiary/aromatic N) is 1. The van der Waals surface area contributed by atoms with Gasteiger partial charge in [-0.05, 0) is 56.2 Å². The van der Waals surface area contributed by atoms with E-state index in [2.05, 4.69) is 21.7 Å². The summed E-state index contributed by atoms with van der Waals surface area (Å²) in [5, 5.41) is 6.18. The molecular weight excluding hydrogens is 322 g/mol. The number of hydrogen-bond donors (Lipinski definition) is 2. The number of aromatic nitrogens is 1. The average molecular weight is 341 g/mol. The molecule has 1 aromatic heterocycles. The van der Waals surface area contributed by atoms with Crippen molar-refractivity contribution in [1.29, 1.82) is 0 Å². The van der Waals surface area contributed by atoms with E-state index in [1.54, 1.807) is 12.1 Å². The molecule has 0 atom stereocenters. The van der Waals surface area contributed by atoms with Gasteiger partial charge in [-0.1, -0.05) is 23.5 Å². The molecule has 0 fully saturated rings. The standard InChI is InChI=1S/C18H19N3O2S/c1-4-23-14-9-7-13(8-10-14)19-17(22)21-18-20-15-11(2)5-6-12(3)16(15)24-18/h5-10H,4H2,1-3H3,(H2,19,20,21,22). The van der Waals surface area contributed by atoms with Gasteiger partial charge in [0.15, 0.2) is 5.13 Å². The van der Waals surface area contributed by atoms with E-state index in [9.17, 15) is 4.79 Å². The highest BCUT2D eigenvalue weighted by molar-refractivity contribution is 7.22. The molecule has 2 amide bonds. The van der Waals surface area contributed by atoms with Gasteiger partial charge in [0.2, 0.25) is 0 Å². The number of fused-ring (bicyclic) bond motifs is 1. The van der Waals surface area contributed by atoms with Crippen LogP contribution in [0, 0.1) is 13.8 Å². The van der Waals surface area contributed by atoms with Crippen LogP contribution in [-0.2, 0) is 0 Å². The van der Waals surface area contributed by atoms with Crippen molar-refractivity contribution in [1.82, 2.24) is 4.98 Å². The summed E-state index contributed by atoms with van der Waals surface area (Å²) in [4.78, 5) is 16.7. The van der Waals surface area contributed by atoms with E-state index in [4.69, 9.17) is 4.74 Å². The summed E-state index contributed by atoms with van der Waals surface area (Å²) in [6, 6.07) is 11.1. The van der Waals surface area contributed by atoms with E-state index < -0.39 is 0 Å². The largest absolute Gasteiger partial charge is 0.494 e. The van der Waals surface area contributed by atoms with Gasteiger partial charge in [0.1, 0.15) is 5.75 Å². The molecule has 3 aromatic rings. The molecule has 24 heavy (non-hydrogen) atoms. The zero-order valence-corrected chi connectivity index (χ0v) is 14.7. The molecule has 5 nitrogen and oxygen atoms in total. The lowest BCUT2D eigenvalue weighted by molar-refractivity contribution is 0.262. The smallest absolute Gasteiger partial charge is 0.325 e. The predicted octanol–water partition coefficient (Wildman–Crippen LogP) is 4.96. The number of rotatable bonds is 4. The zero-order valence-electron chi connectivity index (χ0n) is 13.8. The third-order valence-electron chi connectivity index (χ3n) is 3.59. The maximum Gasteiger partial charge on any atom is 0.325 e. The van der Waals surface area contributed by atoms with Crippen LogP contribution < -0.4 is 15.4 Å². The first-order valence-corrected chi connectivity index (χ1v) is 8.56. The van der Waals surface area contributed by atoms with Gasteiger partial charge in [-0.15, -0.1) is 0 Å². The van der Waals surface area contributed by atoms with E-state index in [1.807, 2.05) is 39.0 Å². The Morgan fingerprint density at radius 2 is 1.79 bits per heavy atom. The molecule has 0 saturated carbocycles. The molecule has 0 radical (unpaired) electrons. The number of carbonyl (C=O) groups excluding carboxylic acids is 1. The zero-order chi connectivity index (χ0) is 17.1. The molecule has 1 heterocycles. The first-order valence-electron chi connectivity index (χ1n) is 7.74. The molecule has 0 spiro atoms. The molecule has 0 unspecified atom stereocenters. The van der Waals surface area contributed by atoms with Gasteiger partial charge in [-0.2, -0.15) is 0 Å². The summed E-state index contributed by atoms with van der Waals surface area (Å²) in [5.41, 5.74) is 3.90. The van der Waals surface area contributed by atoms with Crippen LogP contribution in [0.1, 0.15) is 18.1 Å². The van der Waals surface area contributed by atoms with E-state index in [-0.39, 0.29) is 6.03 Å². The fourth-order valence-corrected chi connectivity index (χ4v) is 3.38. The minimum Gasteiger partial charge on any atom is -0.494 e. The molecule has 0 aliphatic carbocycles. The molecule has 0 aliphatic rings. The summed E-state index contributed by atoms with van der Waals surface area (Å²) >= 11 is 1.48. The Kier molecular flexibility index (Phi) is 4.66. The number of anilines is 2. The highest BCUT2D eigenvalue weighted by Crippen LogP contribution is 2.30. The Bertz CT molecular complexity index is 833. The number of thiazole rings is 1. The third-order valence-corrected chi connectivity index (χ3v) is 4.69. The number of ether oxygens (including phenoxy) is 1. The first-order chi connectivity index (χ1) is 11.6. The number of urea groups is 1. The molecule has 6 heteroatoms. The van der Waals surface area contributed by atoms with Crippen molar-refractivity contribution in [2.24, 2.45) is 0 Å². The van der Waals surface area contributed by atoms with Crippen LogP contribution in [0.5, 0.6) is 5.75 Å². The van der Waals surface area contributed by atoms with Crippen LogP contribution in [0.2, 0.25) is 0 Å². The number of hydrogen-bond acceptors (Lipinski definition) is 4. The van der Waals surface area contributed by atoms with Crippen molar-refractivity contribution in [2.45, 2.75) is 20.8 Å². The Morgan fingerprint density at radius 1 is 1.08 bits per heavy atom. The van der Waals surface area contributed by atoms with Gasteiger partial charge in [0.05, 0.1) is 16.8 Å². The van der Waals surface area contributed by atoms with Gasteiger partial charge in [0.25, 0.3) is 0 Å². The van der Waals surface area contributed by atoms with Crippen LogP contribution in [0.3, 0.4) is 0 Å². The van der Waals surface area contributed by atoms with Gasteiger partial charge < -0.3 is 10.1 Å². The number of aryl methyl sites for hydroxylation is 2. The van der Waals surface area contributed by atoms with E-state index in [0.29, 0.717) is 17.4 Å². The molecule has 2 aromatic carbocycles. The summed E-state index contributed by atoms with van der Waals surface area (Å²) in [6.07, 6.45) is 0. The van der Waals surface area contributed by atoms with Gasteiger partial charge in [-0.3, -0.25) is 5.32 Å². The molecular formula is C18H19N3O2S. The van der Waals surface area contributed by atoms with E-state index >= 15 is 0 Å². The lowest BCUT2D eigenvalue weighted by Crippen LogP contribution is -2.19. The quantitative estimate of drug-likeness (QED) is 0.705. The van der Waals surface area contributed by atoms with Gasteiger partial charge in [0, 0.05) is 5.69 Å². The summed E-state index contributed by atoms with van der Waals surface area (Å²) in [7, 11) is 0. The lowest BCUT2D eigenvalue weighted by atomic mass is 10.1. The third kappa shape index (κ3) is 3.49. The first kappa shape index (κ1) is 16.3. The normalized spacial score (nSPS) is 10.6. The molecule has 124 valence electrons. The topological polar surface area (TPSA) is 63.2 Å². The minimum absolute atomic E-state index is 0.312. The average Bonchev–Trinajstić information content (AvgIpc) is 2.98. The fourth-order valence-electron chi connectivity index (χ4n) is 2.37. The Balaban J connectivity index is 1.70. The maximum absolute atomic E-state index is 12.2. The highest BCUT2D eigenvalue weighted by atomic mass is 32.1. The Morgan fingerprint density at radius 3 is 2.46 bits per heavy atom. The molecule has 0 bridgehead atoms. The maximum atomic E-state index is 12.2. The van der Waals surface area contributed by atoms with Crippen LogP contribution in [0.4, 0.5) is 15.6 Å². The molecule has 3 rings (SSSR count). The highest BCUT2D eigenvalue weighted by Gasteiger charge is 2.11. The van der Waals surface area contributed by atoms with Crippen LogP contribution >= 0.6 is 11.3 Å². The number of amides is 2. The molecule has 0 aliphatic heterocycles. The number of benzene rings is 2. The van der Waals surface area contributed by atoms with Crippen molar-refractivity contribution in [2.75, 3.05) is 17.2 Å². The molecule has 0 saturated heterocycles. The second kappa shape index (κ2) is 6.88. The fraction of sp³-hybridized carbons (Fsp3) is 0.222. The van der Waals surface area contributed by atoms with Crippen molar-refractivity contribution in [3.8, 4) is 5.75 Å². The minimum atomic E-state index is -0.312. The SMILES string of the molecule is CCOc1ccc(NC(=O)Nc2nc3c(C)ccc(C)c3s2)cc1. The monoisotopic (exact) mass is 341 g/mol. The van der Waals surface area contributed by atoms with Gasteiger partial charge in [-0.25, -0.2) is 9.78 Å². The Labute approximate surface area is 144 Å². The van der Waals surface area contributed by atoms with Crippen LogP contribution in [0.25, 0.3) is 10.2 Å². The summed E-state index contributed by atoms with van der Waals surface area (Å²) in [5.74, 6) is 0.778. The summed E-state index contributed by atoms with van der Waals surface area (Å²) < 4.78 is 6.48. The van der Waals surface area contributed by atoms with E-state index in [1.165, 1.54) is 11.3 Å². The van der Waals surface area contributed by atoms with Crippen molar-refractivity contribution in [3.05, 3.63) is 47.5 Å². The predicted molar refractivity (Wildman–Crippen MR) is 99.3 cm³/mol. The molecule has 2 N–H and O–H groups in total. The van der Waals surface area contributed by atoms with E-state index in [0.717, 1.165) is 27.1 Å². The summed E-state index contributed by atoms with van der Waals surface area (Å²) in [6.45, 7) is 6.61. The van der Waals surface area contributed by atoms with Crippen molar-refractivity contribution in [3.63, 3.8) is 0 Å². The van der Waals surface area contributed by atoms with Crippen LogP contribution in [-0.4, -0.2) is 17.6 Å². The number of nitrogens with one attached hydrogen (secondary N) is 2. The van der Waals surface area contributed by atoms with Crippen molar-refractivity contribution >= 4 is 38.4 Å². The van der Waals surface area contributed by atoms with Crippen molar-refractivity contribution < 1.29 is 9.53 Å². The second-order valence-corrected chi connectivity index (χ2v) is 6.43. The van der Waals surface area contributed by atoms with Crippen LogP contribution in [0.15, 0.2) is 36.4 Å². The van der Waals surface area contributed by atoms with Gasteiger partial charge >= 0.3 is 6.03 Å². The number of carbonyl (C=O) groups is 1. The lowest BCUT2D eigenvalue weighted by Gasteiger charge is -2.07.